The number of aromatic amines is 1. The summed E-state index contributed by atoms with van der Waals surface area (Å²) in [6.07, 6.45) is 5.70. The van der Waals surface area contributed by atoms with Crippen molar-refractivity contribution in [3.8, 4) is 0 Å². The molecule has 0 bridgehead atoms. The summed E-state index contributed by atoms with van der Waals surface area (Å²) in [4.78, 5) is 6.60. The lowest BCUT2D eigenvalue weighted by Crippen LogP contribution is -2.21. The summed E-state index contributed by atoms with van der Waals surface area (Å²) in [6.45, 7) is 2.50. The zero-order valence-electron chi connectivity index (χ0n) is 9.17. The highest BCUT2D eigenvalue weighted by Crippen LogP contribution is 2.11. The van der Waals surface area contributed by atoms with Crippen LogP contribution in [-0.4, -0.2) is 23.1 Å². The fourth-order valence-corrected chi connectivity index (χ4v) is 1.73. The van der Waals surface area contributed by atoms with E-state index in [9.17, 15) is 4.39 Å². The molecule has 1 aliphatic rings. The molecule has 0 saturated carbocycles. The summed E-state index contributed by atoms with van der Waals surface area (Å²) in [7, 11) is 0. The molecule has 4 heteroatoms. The molecule has 86 valence electrons. The summed E-state index contributed by atoms with van der Waals surface area (Å²) in [6, 6.07) is 4.82. The molecule has 1 fully saturated rings. The predicted molar refractivity (Wildman–Crippen MR) is 62.8 cm³/mol. The Balaban J connectivity index is 0.000000138. The second-order valence-electron chi connectivity index (χ2n) is 3.85. The van der Waals surface area contributed by atoms with Crippen molar-refractivity contribution < 1.29 is 4.39 Å². The standard InChI is InChI=1S/C7H5FN2.C5H11N/c8-5-2-1-3-6-7(5)10-4-9-6;1-2-4-6-5-3-1/h1-4H,(H,9,10);6H,1-5H2. The van der Waals surface area contributed by atoms with Gasteiger partial charge in [-0.1, -0.05) is 12.5 Å². The van der Waals surface area contributed by atoms with Gasteiger partial charge in [0.15, 0.2) is 5.82 Å². The monoisotopic (exact) mass is 221 g/mol. The van der Waals surface area contributed by atoms with E-state index in [1.165, 1.54) is 44.7 Å². The highest BCUT2D eigenvalue weighted by molar-refractivity contribution is 5.74. The van der Waals surface area contributed by atoms with E-state index in [4.69, 9.17) is 0 Å². The van der Waals surface area contributed by atoms with Gasteiger partial charge in [-0.25, -0.2) is 9.37 Å². The van der Waals surface area contributed by atoms with Crippen molar-refractivity contribution in [2.45, 2.75) is 19.3 Å². The molecule has 3 nitrogen and oxygen atoms in total. The number of piperidine rings is 1. The topological polar surface area (TPSA) is 40.7 Å². The first-order chi connectivity index (χ1) is 7.88. The number of hydrogen-bond donors (Lipinski definition) is 2. The maximum atomic E-state index is 12.7. The van der Waals surface area contributed by atoms with Crippen LogP contribution in [0, 0.1) is 5.82 Å². The van der Waals surface area contributed by atoms with Gasteiger partial charge < -0.3 is 10.3 Å². The molecule has 0 atom stereocenters. The number of rotatable bonds is 0. The third kappa shape index (κ3) is 2.79. The Morgan fingerprint density at radius 2 is 1.94 bits per heavy atom. The zero-order valence-corrected chi connectivity index (χ0v) is 9.17. The first kappa shape index (κ1) is 11.1. The van der Waals surface area contributed by atoms with Crippen molar-refractivity contribution in [2.75, 3.05) is 13.1 Å². The Hall–Kier alpha value is -1.42. The van der Waals surface area contributed by atoms with Crippen molar-refractivity contribution in [3.63, 3.8) is 0 Å². The number of H-pyrrole nitrogens is 1. The molecule has 0 radical (unpaired) electrons. The van der Waals surface area contributed by atoms with Crippen molar-refractivity contribution >= 4 is 11.0 Å². The molecule has 2 aromatic rings. The van der Waals surface area contributed by atoms with Crippen molar-refractivity contribution in [3.05, 3.63) is 30.3 Å². The Morgan fingerprint density at radius 1 is 1.12 bits per heavy atom. The van der Waals surface area contributed by atoms with Gasteiger partial charge in [0, 0.05) is 0 Å². The zero-order chi connectivity index (χ0) is 11.2. The van der Waals surface area contributed by atoms with Crippen LogP contribution in [0.5, 0.6) is 0 Å². The molecule has 0 unspecified atom stereocenters. The van der Waals surface area contributed by atoms with Gasteiger partial charge in [0.1, 0.15) is 5.52 Å². The summed E-state index contributed by atoms with van der Waals surface area (Å²) < 4.78 is 12.7. The molecule has 1 aromatic carbocycles. The van der Waals surface area contributed by atoms with E-state index in [1.807, 2.05) is 0 Å². The third-order valence-electron chi connectivity index (χ3n) is 2.61. The molecule has 2 heterocycles. The third-order valence-corrected chi connectivity index (χ3v) is 2.61. The van der Waals surface area contributed by atoms with Crippen LogP contribution in [0.3, 0.4) is 0 Å². The van der Waals surface area contributed by atoms with Crippen LogP contribution in [0.2, 0.25) is 0 Å². The molecular weight excluding hydrogens is 205 g/mol. The Morgan fingerprint density at radius 3 is 2.50 bits per heavy atom. The first-order valence-corrected chi connectivity index (χ1v) is 5.66. The molecule has 2 N–H and O–H groups in total. The van der Waals surface area contributed by atoms with Crippen LogP contribution < -0.4 is 5.32 Å². The van der Waals surface area contributed by atoms with Crippen LogP contribution in [-0.2, 0) is 0 Å². The van der Waals surface area contributed by atoms with Crippen molar-refractivity contribution in [1.29, 1.82) is 0 Å². The highest BCUT2D eigenvalue weighted by Gasteiger charge is 1.99. The molecule has 16 heavy (non-hydrogen) atoms. The smallest absolute Gasteiger partial charge is 0.151 e. The minimum Gasteiger partial charge on any atom is -0.345 e. The number of para-hydroxylation sites is 1. The summed E-state index contributed by atoms with van der Waals surface area (Å²) in [5.41, 5.74) is 1.14. The van der Waals surface area contributed by atoms with Gasteiger partial charge in [-0.15, -0.1) is 0 Å². The minimum atomic E-state index is -0.279. The molecule has 3 rings (SSSR count). The second kappa shape index (κ2) is 5.61. The van der Waals surface area contributed by atoms with Crippen molar-refractivity contribution in [2.24, 2.45) is 0 Å². The summed E-state index contributed by atoms with van der Waals surface area (Å²) in [5, 5.41) is 3.28. The van der Waals surface area contributed by atoms with Crippen LogP contribution in [0.1, 0.15) is 19.3 Å². The number of benzene rings is 1. The molecule has 1 aromatic heterocycles. The molecule has 1 saturated heterocycles. The molecule has 1 aliphatic heterocycles. The average Bonchev–Trinajstić information content (AvgIpc) is 2.82. The fourth-order valence-electron chi connectivity index (χ4n) is 1.73. The van der Waals surface area contributed by atoms with E-state index in [-0.39, 0.29) is 5.82 Å². The SMILES string of the molecule is C1CCNCC1.Fc1cccc2[nH]cnc12. The van der Waals surface area contributed by atoms with Gasteiger partial charge in [-0.3, -0.25) is 0 Å². The van der Waals surface area contributed by atoms with Gasteiger partial charge in [0.05, 0.1) is 11.8 Å². The van der Waals surface area contributed by atoms with Crippen LogP contribution in [0.25, 0.3) is 11.0 Å². The van der Waals surface area contributed by atoms with Gasteiger partial charge in [0.25, 0.3) is 0 Å². The number of nitrogens with one attached hydrogen (secondary N) is 2. The van der Waals surface area contributed by atoms with E-state index in [0.717, 1.165) is 5.52 Å². The van der Waals surface area contributed by atoms with Crippen molar-refractivity contribution in [1.82, 2.24) is 15.3 Å². The first-order valence-electron chi connectivity index (χ1n) is 5.66. The van der Waals surface area contributed by atoms with Gasteiger partial charge in [-0.05, 0) is 38.1 Å². The molecule has 0 spiro atoms. The number of hydrogen-bond acceptors (Lipinski definition) is 2. The van der Waals surface area contributed by atoms with E-state index in [1.54, 1.807) is 12.1 Å². The molecular formula is C12H16FN3. The maximum Gasteiger partial charge on any atom is 0.151 e. The lowest BCUT2D eigenvalue weighted by molar-refractivity contribution is 0.520. The van der Waals surface area contributed by atoms with E-state index in [0.29, 0.717) is 5.52 Å². The Bertz CT molecular complexity index is 423. The minimum absolute atomic E-state index is 0.279. The van der Waals surface area contributed by atoms with Crippen LogP contribution in [0.4, 0.5) is 4.39 Å². The second-order valence-corrected chi connectivity index (χ2v) is 3.85. The number of fused-ring (bicyclic) bond motifs is 1. The molecule has 0 aliphatic carbocycles. The summed E-state index contributed by atoms with van der Waals surface area (Å²) >= 11 is 0. The largest absolute Gasteiger partial charge is 0.345 e. The van der Waals surface area contributed by atoms with E-state index < -0.39 is 0 Å². The Labute approximate surface area is 94.1 Å². The lowest BCUT2D eigenvalue weighted by atomic mass is 10.2. The number of nitrogens with zero attached hydrogens (tertiary/aromatic N) is 1. The number of aromatic nitrogens is 2. The van der Waals surface area contributed by atoms with Crippen LogP contribution in [0.15, 0.2) is 24.5 Å². The molecule has 0 amide bonds. The predicted octanol–water partition coefficient (Wildman–Crippen LogP) is 2.46. The number of halogens is 1. The summed E-state index contributed by atoms with van der Waals surface area (Å²) in [5.74, 6) is -0.279. The fraction of sp³-hybridized carbons (Fsp3) is 0.417. The quantitative estimate of drug-likeness (QED) is 0.717. The Kier molecular flexibility index (Phi) is 3.88. The van der Waals surface area contributed by atoms with Gasteiger partial charge in [0.2, 0.25) is 0 Å². The number of imidazole rings is 1. The van der Waals surface area contributed by atoms with E-state index >= 15 is 0 Å². The van der Waals surface area contributed by atoms with E-state index in [2.05, 4.69) is 15.3 Å². The van der Waals surface area contributed by atoms with Gasteiger partial charge in [-0.2, -0.15) is 0 Å². The average molecular weight is 221 g/mol. The normalized spacial score (nSPS) is 15.6. The van der Waals surface area contributed by atoms with Crippen LogP contribution >= 0.6 is 0 Å². The lowest BCUT2D eigenvalue weighted by Gasteiger charge is -2.08. The maximum absolute atomic E-state index is 12.7. The van der Waals surface area contributed by atoms with Gasteiger partial charge >= 0.3 is 0 Å². The highest BCUT2D eigenvalue weighted by atomic mass is 19.1.